The maximum absolute atomic E-state index is 14.1. The molecule has 12 heteroatoms. The zero-order valence-corrected chi connectivity index (χ0v) is 30.1. The summed E-state index contributed by atoms with van der Waals surface area (Å²) in [6.45, 7) is 13.6. The topological polar surface area (TPSA) is 154 Å². The van der Waals surface area contributed by atoms with Gasteiger partial charge in [-0.05, 0) is 56.8 Å². The number of amides is 5. The lowest BCUT2D eigenvalue weighted by Crippen LogP contribution is -2.62. The van der Waals surface area contributed by atoms with Crippen molar-refractivity contribution in [3.63, 3.8) is 0 Å². The van der Waals surface area contributed by atoms with Crippen LogP contribution in [0.25, 0.3) is 0 Å². The van der Waals surface area contributed by atoms with E-state index in [1.165, 1.54) is 17.4 Å². The van der Waals surface area contributed by atoms with E-state index in [1.807, 2.05) is 34.6 Å². The number of urea groups is 1. The number of likely N-dealkylation sites (tertiary alicyclic amines) is 1. The number of hydrogen-bond donors (Lipinski definition) is 4. The van der Waals surface area contributed by atoms with Crippen LogP contribution in [0.3, 0.4) is 0 Å². The maximum Gasteiger partial charge on any atom is 0.315 e. The van der Waals surface area contributed by atoms with Crippen LogP contribution in [0.5, 0.6) is 0 Å². The third kappa shape index (κ3) is 11.1. The van der Waals surface area contributed by atoms with Gasteiger partial charge in [0, 0.05) is 34.9 Å². The first-order valence-electron chi connectivity index (χ1n) is 17.7. The molecule has 2 aliphatic carbocycles. The molecule has 0 aromatic heterocycles. The van der Waals surface area contributed by atoms with Gasteiger partial charge in [0.15, 0.2) is 0 Å². The first-order chi connectivity index (χ1) is 22.2. The van der Waals surface area contributed by atoms with Crippen molar-refractivity contribution in [2.45, 2.75) is 147 Å². The van der Waals surface area contributed by atoms with E-state index >= 15 is 0 Å². The molecule has 0 aromatic rings. The van der Waals surface area contributed by atoms with Crippen molar-refractivity contribution >= 4 is 40.3 Å². The summed E-state index contributed by atoms with van der Waals surface area (Å²) in [5.74, 6) is -1.71. The molecule has 4 unspecified atom stereocenters. The van der Waals surface area contributed by atoms with Gasteiger partial charge in [-0.15, -0.1) is 6.58 Å². The fourth-order valence-corrected chi connectivity index (χ4v) is 8.95. The zero-order valence-electron chi connectivity index (χ0n) is 29.3. The molecule has 11 nitrogen and oxygen atoms in total. The highest BCUT2D eigenvalue weighted by atomic mass is 32.2. The molecule has 0 spiro atoms. The fourth-order valence-electron chi connectivity index (χ4n) is 7.01. The Kier molecular flexibility index (Phi) is 14.5. The molecule has 2 saturated carbocycles. The molecular formula is C35H59N5O6S. The number of ketones is 1. The minimum atomic E-state index is -1.07. The molecule has 4 N–H and O–H groups in total. The van der Waals surface area contributed by atoms with Crippen LogP contribution in [-0.4, -0.2) is 86.4 Å². The second-order valence-electron chi connectivity index (χ2n) is 15.1. The minimum absolute atomic E-state index is 0.143. The SMILES string of the molecule is C=CCNC(=O)C(=O)C(CC1CCC1)NC(=O)[C@@H]1CCCN1C(=O)C(NC(=O)NC(C)(CCC)CS(=O)C1CCCCC1)C(C)(C)C. The molecule has 5 amide bonds. The maximum atomic E-state index is 14.1. The Morgan fingerprint density at radius 2 is 1.62 bits per heavy atom. The van der Waals surface area contributed by atoms with Crippen LogP contribution in [0.15, 0.2) is 12.7 Å². The average molecular weight is 678 g/mol. The number of nitrogens with zero attached hydrogens (tertiary/aromatic N) is 1. The van der Waals surface area contributed by atoms with Gasteiger partial charge in [-0.2, -0.15) is 0 Å². The van der Waals surface area contributed by atoms with Crippen molar-refractivity contribution < 1.29 is 28.2 Å². The van der Waals surface area contributed by atoms with Crippen molar-refractivity contribution in [3.05, 3.63) is 12.7 Å². The molecule has 0 aromatic carbocycles. The van der Waals surface area contributed by atoms with Crippen LogP contribution < -0.4 is 21.3 Å². The Labute approximate surface area is 284 Å². The fraction of sp³-hybridized carbons (Fsp3) is 0.800. The van der Waals surface area contributed by atoms with Gasteiger partial charge >= 0.3 is 6.03 Å². The third-order valence-corrected chi connectivity index (χ3v) is 12.0. The molecule has 5 atom stereocenters. The van der Waals surface area contributed by atoms with E-state index in [9.17, 15) is 28.2 Å². The summed E-state index contributed by atoms with van der Waals surface area (Å²) >= 11 is 0. The minimum Gasteiger partial charge on any atom is -0.346 e. The number of hydrogen-bond acceptors (Lipinski definition) is 6. The van der Waals surface area contributed by atoms with Gasteiger partial charge in [0.1, 0.15) is 12.1 Å². The molecule has 1 heterocycles. The van der Waals surface area contributed by atoms with Crippen molar-refractivity contribution in [1.82, 2.24) is 26.2 Å². The Morgan fingerprint density at radius 3 is 2.19 bits per heavy atom. The standard InChI is InChI=1S/C35H59N5O6S/c1-7-19-35(6,23-47(46)25-16-10-9-11-17-25)39-33(45)38-29(34(3,4)5)32(44)40-21-13-18-27(40)30(42)37-26(22-24-14-12-15-24)28(41)31(43)36-20-8-2/h8,24-27,29H,2,7,9-23H2,1,3-6H3,(H,36,43)(H,37,42)(H2,38,39,45)/t26?,27-,29?,35?,47?/m0/s1. The monoisotopic (exact) mass is 677 g/mol. The van der Waals surface area contributed by atoms with Crippen molar-refractivity contribution in [3.8, 4) is 0 Å². The number of rotatable bonds is 16. The van der Waals surface area contributed by atoms with E-state index in [0.717, 1.165) is 51.4 Å². The normalized spacial score (nSPS) is 22.1. The van der Waals surface area contributed by atoms with Gasteiger partial charge in [0.05, 0.1) is 11.6 Å². The van der Waals surface area contributed by atoms with Gasteiger partial charge in [-0.25, -0.2) is 4.79 Å². The molecule has 3 rings (SSSR count). The van der Waals surface area contributed by atoms with E-state index in [0.29, 0.717) is 38.0 Å². The molecule has 1 saturated heterocycles. The van der Waals surface area contributed by atoms with Gasteiger partial charge < -0.3 is 26.2 Å². The second-order valence-corrected chi connectivity index (χ2v) is 16.9. The second kappa shape index (κ2) is 17.6. The molecule has 0 radical (unpaired) electrons. The Bertz CT molecular complexity index is 1160. The van der Waals surface area contributed by atoms with Crippen molar-refractivity contribution in [2.24, 2.45) is 11.3 Å². The number of nitrogens with one attached hydrogen (secondary N) is 4. The van der Waals surface area contributed by atoms with E-state index in [2.05, 4.69) is 27.8 Å². The van der Waals surface area contributed by atoms with Gasteiger partial charge in [-0.3, -0.25) is 23.4 Å². The summed E-state index contributed by atoms with van der Waals surface area (Å²) in [4.78, 5) is 68.3. The molecule has 3 fully saturated rings. The van der Waals surface area contributed by atoms with Crippen molar-refractivity contribution in [2.75, 3.05) is 18.8 Å². The summed E-state index contributed by atoms with van der Waals surface area (Å²) in [6, 6.07) is -3.25. The van der Waals surface area contributed by atoms with Gasteiger partial charge in [0.25, 0.3) is 5.91 Å². The lowest BCUT2D eigenvalue weighted by molar-refractivity contribution is -0.144. The van der Waals surface area contributed by atoms with E-state index in [4.69, 9.17) is 0 Å². The van der Waals surface area contributed by atoms with E-state index < -0.39 is 63.5 Å². The Balaban J connectivity index is 1.71. The first kappa shape index (κ1) is 38.7. The van der Waals surface area contributed by atoms with Crippen LogP contribution in [0.2, 0.25) is 0 Å². The molecule has 0 bridgehead atoms. The Morgan fingerprint density at radius 1 is 0.936 bits per heavy atom. The predicted octanol–water partition coefficient (Wildman–Crippen LogP) is 3.88. The lowest BCUT2D eigenvalue weighted by Gasteiger charge is -2.37. The number of carbonyl (C=O) groups excluding carboxylic acids is 5. The first-order valence-corrected chi connectivity index (χ1v) is 19.1. The van der Waals surface area contributed by atoms with Crippen LogP contribution in [-0.2, 0) is 30.0 Å². The quantitative estimate of drug-likeness (QED) is 0.144. The molecule has 3 aliphatic rings. The largest absolute Gasteiger partial charge is 0.346 e. The van der Waals surface area contributed by atoms with E-state index in [1.54, 1.807) is 0 Å². The van der Waals surface area contributed by atoms with Crippen LogP contribution in [0, 0.1) is 11.3 Å². The molecule has 47 heavy (non-hydrogen) atoms. The zero-order chi connectivity index (χ0) is 34.8. The summed E-state index contributed by atoms with van der Waals surface area (Å²) < 4.78 is 13.3. The predicted molar refractivity (Wildman–Crippen MR) is 185 cm³/mol. The number of Topliss-reactive ketones (excluding diaryl/α,β-unsaturated/α-hetero) is 1. The highest BCUT2D eigenvalue weighted by molar-refractivity contribution is 7.85. The molecule has 266 valence electrons. The van der Waals surface area contributed by atoms with Crippen LogP contribution in [0.1, 0.15) is 118 Å². The summed E-state index contributed by atoms with van der Waals surface area (Å²) in [6.07, 6.45) is 12.5. The number of carbonyl (C=O) groups is 5. The summed E-state index contributed by atoms with van der Waals surface area (Å²) in [5, 5.41) is 11.4. The van der Waals surface area contributed by atoms with Crippen molar-refractivity contribution in [1.29, 1.82) is 0 Å². The molecule has 1 aliphatic heterocycles. The third-order valence-electron chi connectivity index (χ3n) is 9.89. The highest BCUT2D eigenvalue weighted by Gasteiger charge is 2.44. The summed E-state index contributed by atoms with van der Waals surface area (Å²) in [5.41, 5.74) is -1.39. The highest BCUT2D eigenvalue weighted by Crippen LogP contribution is 2.31. The smallest absolute Gasteiger partial charge is 0.315 e. The average Bonchev–Trinajstić information content (AvgIpc) is 3.49. The summed E-state index contributed by atoms with van der Waals surface area (Å²) in [7, 11) is -1.07. The van der Waals surface area contributed by atoms with Gasteiger partial charge in [-0.1, -0.05) is 78.7 Å². The van der Waals surface area contributed by atoms with Crippen LogP contribution in [0.4, 0.5) is 4.79 Å². The molecular weight excluding hydrogens is 618 g/mol. The van der Waals surface area contributed by atoms with E-state index in [-0.39, 0.29) is 23.6 Å². The van der Waals surface area contributed by atoms with Crippen LogP contribution >= 0.6 is 0 Å². The Hall–Kier alpha value is -2.76. The van der Waals surface area contributed by atoms with Gasteiger partial charge in [0.2, 0.25) is 17.6 Å². The lowest BCUT2D eigenvalue weighted by atomic mass is 9.80.